The maximum atomic E-state index is 12.9. The van der Waals surface area contributed by atoms with E-state index in [1.165, 1.54) is 0 Å². The fraction of sp³-hybridized carbons (Fsp3) is 0.417. The Morgan fingerprint density at radius 3 is 2.41 bits per heavy atom. The minimum Gasteiger partial charge on any atom is -0.491 e. The van der Waals surface area contributed by atoms with Crippen molar-refractivity contribution in [2.24, 2.45) is 0 Å². The van der Waals surface area contributed by atoms with Gasteiger partial charge >= 0.3 is 0 Å². The first-order valence-electron chi connectivity index (χ1n) is 11.4. The number of nitrogens with one attached hydrogen (secondary N) is 2. The van der Waals surface area contributed by atoms with Crippen LogP contribution in [0.3, 0.4) is 0 Å². The third-order valence-electron chi connectivity index (χ3n) is 5.34. The number of anilines is 1. The molecular formula is C24H31N3O5S2. The van der Waals surface area contributed by atoms with Crippen LogP contribution >= 0.6 is 12.2 Å². The number of benzene rings is 2. The third-order valence-corrected chi connectivity index (χ3v) is 7.46. The maximum Gasteiger partial charge on any atom is 0.257 e. The van der Waals surface area contributed by atoms with Crippen LogP contribution in [0.5, 0.6) is 5.75 Å². The summed E-state index contributed by atoms with van der Waals surface area (Å²) in [5, 5.41) is 5.65. The maximum absolute atomic E-state index is 12.9. The van der Waals surface area contributed by atoms with E-state index >= 15 is 0 Å². The molecule has 0 saturated carbocycles. The molecule has 2 aromatic rings. The summed E-state index contributed by atoms with van der Waals surface area (Å²) in [5.74, 6) is 0.181. The standard InChI is InChI=1S/C24H31N3O5S2/c1-2-31-16-17-32-21-9-7-8-19(18-21)23(28)26-24(33)25-20-10-12-22(13-11-20)34(29,30)27-14-5-3-4-6-15-27/h7-13,18H,2-6,14-17H2,1H3,(H2,25,26,28,33). The largest absolute Gasteiger partial charge is 0.491 e. The SMILES string of the molecule is CCOCCOc1cccc(C(=O)NC(=S)Nc2ccc(S(=O)(=O)N3CCCCCC3)cc2)c1. The van der Waals surface area contributed by atoms with Gasteiger partial charge in [-0.25, -0.2) is 8.42 Å². The average molecular weight is 506 g/mol. The molecule has 1 amide bonds. The second-order valence-corrected chi connectivity index (χ2v) is 10.2. The van der Waals surface area contributed by atoms with Crippen molar-refractivity contribution >= 4 is 38.9 Å². The molecule has 1 saturated heterocycles. The van der Waals surface area contributed by atoms with Crippen LogP contribution in [-0.2, 0) is 14.8 Å². The Morgan fingerprint density at radius 1 is 1.03 bits per heavy atom. The van der Waals surface area contributed by atoms with Gasteiger partial charge in [-0.05, 0) is 74.4 Å². The van der Waals surface area contributed by atoms with Gasteiger partial charge in [0, 0.05) is 30.9 Å². The Kier molecular flexibility index (Phi) is 9.82. The van der Waals surface area contributed by atoms with Crippen LogP contribution in [0.1, 0.15) is 43.0 Å². The molecule has 184 valence electrons. The quantitative estimate of drug-likeness (QED) is 0.395. The predicted octanol–water partition coefficient (Wildman–Crippen LogP) is 3.79. The fourth-order valence-corrected chi connectivity index (χ4v) is 5.30. The number of rotatable bonds is 9. The topological polar surface area (TPSA) is 97.0 Å². The molecule has 0 aliphatic carbocycles. The molecule has 0 unspecified atom stereocenters. The van der Waals surface area contributed by atoms with Gasteiger partial charge in [-0.1, -0.05) is 18.9 Å². The monoisotopic (exact) mass is 505 g/mol. The van der Waals surface area contributed by atoms with Gasteiger partial charge in [0.15, 0.2) is 5.11 Å². The number of ether oxygens (including phenoxy) is 2. The van der Waals surface area contributed by atoms with Crippen LogP contribution in [0.15, 0.2) is 53.4 Å². The van der Waals surface area contributed by atoms with Crippen molar-refractivity contribution in [3.8, 4) is 5.75 Å². The molecule has 2 aromatic carbocycles. The molecule has 0 spiro atoms. The van der Waals surface area contributed by atoms with Gasteiger partial charge in [0.05, 0.1) is 11.5 Å². The number of carbonyl (C=O) groups is 1. The highest BCUT2D eigenvalue weighted by Crippen LogP contribution is 2.22. The summed E-state index contributed by atoms with van der Waals surface area (Å²) in [7, 11) is -3.52. The minimum absolute atomic E-state index is 0.107. The van der Waals surface area contributed by atoms with E-state index in [9.17, 15) is 13.2 Å². The molecule has 0 aromatic heterocycles. The molecule has 0 bridgehead atoms. The van der Waals surface area contributed by atoms with Gasteiger partial charge in [-0.2, -0.15) is 4.31 Å². The van der Waals surface area contributed by atoms with Crippen molar-refractivity contribution < 1.29 is 22.7 Å². The molecule has 3 rings (SSSR count). The third kappa shape index (κ3) is 7.49. The first-order chi connectivity index (χ1) is 16.4. The lowest BCUT2D eigenvalue weighted by molar-refractivity contribution is 0.0976. The number of hydrogen-bond acceptors (Lipinski definition) is 6. The molecule has 10 heteroatoms. The zero-order valence-electron chi connectivity index (χ0n) is 19.3. The van der Waals surface area contributed by atoms with Crippen molar-refractivity contribution in [1.29, 1.82) is 0 Å². The fourth-order valence-electron chi connectivity index (χ4n) is 3.57. The summed E-state index contributed by atoms with van der Waals surface area (Å²) in [6.07, 6.45) is 3.89. The van der Waals surface area contributed by atoms with Gasteiger partial charge in [-0.15, -0.1) is 0 Å². The van der Waals surface area contributed by atoms with E-state index in [2.05, 4.69) is 10.6 Å². The molecular weight excluding hydrogens is 474 g/mol. The van der Waals surface area contributed by atoms with Crippen molar-refractivity contribution in [3.05, 3.63) is 54.1 Å². The minimum atomic E-state index is -3.52. The Balaban J connectivity index is 1.55. The second kappa shape index (κ2) is 12.8. The Bertz CT molecular complexity index is 1070. The van der Waals surface area contributed by atoms with Crippen LogP contribution < -0.4 is 15.4 Å². The van der Waals surface area contributed by atoms with Crippen molar-refractivity contribution in [2.45, 2.75) is 37.5 Å². The van der Waals surface area contributed by atoms with Crippen LogP contribution in [0, 0.1) is 0 Å². The van der Waals surface area contributed by atoms with Crippen molar-refractivity contribution in [3.63, 3.8) is 0 Å². The second-order valence-electron chi connectivity index (χ2n) is 7.82. The van der Waals surface area contributed by atoms with E-state index in [1.807, 2.05) is 6.92 Å². The summed E-state index contributed by atoms with van der Waals surface area (Å²) in [4.78, 5) is 12.8. The van der Waals surface area contributed by atoms with Crippen molar-refractivity contribution in [2.75, 3.05) is 38.2 Å². The summed E-state index contributed by atoms with van der Waals surface area (Å²) >= 11 is 5.25. The smallest absolute Gasteiger partial charge is 0.257 e. The molecule has 8 nitrogen and oxygen atoms in total. The van der Waals surface area contributed by atoms with Crippen LogP contribution in [0.4, 0.5) is 5.69 Å². The molecule has 1 aliphatic rings. The lowest BCUT2D eigenvalue weighted by atomic mass is 10.2. The first-order valence-corrected chi connectivity index (χ1v) is 13.3. The van der Waals surface area contributed by atoms with Gasteiger partial charge < -0.3 is 14.8 Å². The van der Waals surface area contributed by atoms with E-state index in [1.54, 1.807) is 52.8 Å². The van der Waals surface area contributed by atoms with Crippen LogP contribution in [-0.4, -0.2) is 56.7 Å². The van der Waals surface area contributed by atoms with Gasteiger partial charge in [0.2, 0.25) is 10.0 Å². The number of sulfonamides is 1. The van der Waals surface area contributed by atoms with E-state index in [0.29, 0.717) is 49.9 Å². The van der Waals surface area contributed by atoms with E-state index in [4.69, 9.17) is 21.7 Å². The Labute approximate surface area is 206 Å². The molecule has 0 atom stereocenters. The van der Waals surface area contributed by atoms with Crippen LogP contribution in [0.25, 0.3) is 0 Å². The Morgan fingerprint density at radius 2 is 1.74 bits per heavy atom. The lowest BCUT2D eigenvalue weighted by Gasteiger charge is -2.20. The van der Waals surface area contributed by atoms with E-state index < -0.39 is 10.0 Å². The molecule has 1 fully saturated rings. The summed E-state index contributed by atoms with van der Waals surface area (Å²) < 4.78 is 38.2. The van der Waals surface area contributed by atoms with E-state index in [-0.39, 0.29) is 15.9 Å². The molecule has 2 N–H and O–H groups in total. The van der Waals surface area contributed by atoms with E-state index in [0.717, 1.165) is 25.7 Å². The number of thiocarbonyl (C=S) groups is 1. The highest BCUT2D eigenvalue weighted by molar-refractivity contribution is 7.89. The first kappa shape index (κ1) is 26.1. The Hall–Kier alpha value is -2.53. The van der Waals surface area contributed by atoms with Gasteiger partial charge in [-0.3, -0.25) is 10.1 Å². The highest BCUT2D eigenvalue weighted by atomic mass is 32.2. The molecule has 34 heavy (non-hydrogen) atoms. The highest BCUT2D eigenvalue weighted by Gasteiger charge is 2.25. The molecule has 0 radical (unpaired) electrons. The number of amides is 1. The van der Waals surface area contributed by atoms with Gasteiger partial charge in [0.1, 0.15) is 12.4 Å². The van der Waals surface area contributed by atoms with Crippen molar-refractivity contribution in [1.82, 2.24) is 9.62 Å². The number of nitrogens with zero attached hydrogens (tertiary/aromatic N) is 1. The number of carbonyl (C=O) groups excluding carboxylic acids is 1. The zero-order chi connectivity index (χ0) is 24.4. The normalized spacial score (nSPS) is 14.7. The molecule has 1 heterocycles. The average Bonchev–Trinajstić information content (AvgIpc) is 3.13. The summed E-state index contributed by atoms with van der Waals surface area (Å²) in [6.45, 7) is 4.50. The summed E-state index contributed by atoms with van der Waals surface area (Å²) in [6, 6.07) is 13.2. The molecule has 1 aliphatic heterocycles. The van der Waals surface area contributed by atoms with Gasteiger partial charge in [0.25, 0.3) is 5.91 Å². The zero-order valence-corrected chi connectivity index (χ0v) is 20.9. The predicted molar refractivity (Wildman–Crippen MR) is 136 cm³/mol. The summed E-state index contributed by atoms with van der Waals surface area (Å²) in [5.41, 5.74) is 0.977. The number of hydrogen-bond donors (Lipinski definition) is 2. The van der Waals surface area contributed by atoms with Crippen LogP contribution in [0.2, 0.25) is 0 Å². The lowest BCUT2D eigenvalue weighted by Crippen LogP contribution is -2.34.